The number of aryl methyl sites for hydroxylation is 1. The zero-order chi connectivity index (χ0) is 14.0. The molecule has 20 heavy (non-hydrogen) atoms. The molecule has 5 heteroatoms. The number of methoxy groups -OCH3 is 1. The largest absolute Gasteiger partial charge is 0.497 e. The van der Waals surface area contributed by atoms with Crippen LogP contribution in [0.3, 0.4) is 0 Å². The molecule has 1 atom stereocenters. The second kappa shape index (κ2) is 7.90. The first-order valence-corrected chi connectivity index (χ1v) is 7.54. The van der Waals surface area contributed by atoms with Crippen LogP contribution in [0.2, 0.25) is 0 Å². The maximum Gasteiger partial charge on any atom is 0.235 e. The molecule has 1 unspecified atom stereocenters. The predicted octanol–water partition coefficient (Wildman–Crippen LogP) is 3.20. The smallest absolute Gasteiger partial charge is 0.235 e. The van der Waals surface area contributed by atoms with Crippen molar-refractivity contribution < 1.29 is 42.2 Å². The van der Waals surface area contributed by atoms with Gasteiger partial charge < -0.3 is 9.64 Å². The molecule has 0 spiro atoms. The fourth-order valence-corrected chi connectivity index (χ4v) is 2.79. The summed E-state index contributed by atoms with van der Waals surface area (Å²) in [5.74, 6) is 1.01. The first-order valence-electron chi connectivity index (χ1n) is 6.29. The van der Waals surface area contributed by atoms with Crippen molar-refractivity contribution in [2.24, 2.45) is 0 Å². The van der Waals surface area contributed by atoms with Crippen LogP contribution in [0.5, 0.6) is 5.75 Å². The molecule has 1 amide bonds. The molecule has 0 fully saturated rings. The van der Waals surface area contributed by atoms with E-state index < -0.39 is 0 Å². The van der Waals surface area contributed by atoms with E-state index in [1.54, 1.807) is 7.11 Å². The third-order valence-electron chi connectivity index (χ3n) is 3.26. The van der Waals surface area contributed by atoms with Gasteiger partial charge in [-0.2, -0.15) is 0 Å². The average Bonchev–Trinajstić information content (AvgIpc) is 2.42. The molecule has 0 saturated carbocycles. The number of nitrogens with zero attached hydrogens (tertiary/aromatic N) is 1. The Kier molecular flexibility index (Phi) is 7.15. The Bertz CT molecular complexity index is 531. The molecule has 0 bridgehead atoms. The minimum Gasteiger partial charge on any atom is -0.497 e. The van der Waals surface area contributed by atoms with E-state index in [2.05, 4.69) is 28.7 Å². The van der Waals surface area contributed by atoms with E-state index in [9.17, 15) is 4.79 Å². The van der Waals surface area contributed by atoms with Crippen molar-refractivity contribution in [1.82, 2.24) is 4.90 Å². The second-order valence-corrected chi connectivity index (χ2v) is 5.96. The third-order valence-corrected chi connectivity index (χ3v) is 4.23. The SMILES string of the molecule is CCN1C(=O)C(I)C[C-]=C1c1ccc(OC)cc1C.[Y]. The van der Waals surface area contributed by atoms with Crippen molar-refractivity contribution in [3.8, 4) is 5.75 Å². The van der Waals surface area contributed by atoms with Crippen LogP contribution in [-0.4, -0.2) is 28.4 Å². The van der Waals surface area contributed by atoms with Gasteiger partial charge >= 0.3 is 0 Å². The zero-order valence-electron chi connectivity index (χ0n) is 11.9. The number of carbonyl (C=O) groups is 1. The van der Waals surface area contributed by atoms with Gasteiger partial charge in [-0.25, -0.2) is 6.08 Å². The van der Waals surface area contributed by atoms with E-state index in [4.69, 9.17) is 4.74 Å². The molecule has 1 radical (unpaired) electrons. The normalized spacial score (nSPS) is 18.4. The van der Waals surface area contributed by atoms with E-state index >= 15 is 0 Å². The van der Waals surface area contributed by atoms with Crippen LogP contribution in [0.15, 0.2) is 18.2 Å². The van der Waals surface area contributed by atoms with Crippen molar-refractivity contribution in [3.63, 3.8) is 0 Å². The van der Waals surface area contributed by atoms with E-state index in [0.29, 0.717) is 13.0 Å². The minimum absolute atomic E-state index is 0. The maximum atomic E-state index is 12.2. The summed E-state index contributed by atoms with van der Waals surface area (Å²) < 4.78 is 5.22. The Morgan fingerprint density at radius 3 is 2.75 bits per heavy atom. The van der Waals surface area contributed by atoms with Crippen LogP contribution < -0.4 is 4.74 Å². The van der Waals surface area contributed by atoms with Gasteiger partial charge in [0.15, 0.2) is 0 Å². The van der Waals surface area contributed by atoms with Crippen LogP contribution in [0.25, 0.3) is 5.70 Å². The maximum absolute atomic E-state index is 12.2. The number of rotatable bonds is 3. The fraction of sp³-hybridized carbons (Fsp3) is 0.400. The van der Waals surface area contributed by atoms with Crippen molar-refractivity contribution in [1.29, 1.82) is 0 Å². The predicted molar refractivity (Wildman–Crippen MR) is 84.2 cm³/mol. The van der Waals surface area contributed by atoms with Crippen LogP contribution >= 0.6 is 22.6 Å². The third kappa shape index (κ3) is 3.63. The number of hydrogen-bond donors (Lipinski definition) is 0. The first kappa shape index (κ1) is 18.1. The van der Waals surface area contributed by atoms with Crippen molar-refractivity contribution in [2.45, 2.75) is 24.2 Å². The fourth-order valence-electron chi connectivity index (χ4n) is 2.23. The molecule has 1 aliphatic heterocycles. The quantitative estimate of drug-likeness (QED) is 0.395. The van der Waals surface area contributed by atoms with E-state index in [1.165, 1.54) is 0 Å². The molecule has 1 aromatic carbocycles. The van der Waals surface area contributed by atoms with E-state index in [0.717, 1.165) is 22.6 Å². The van der Waals surface area contributed by atoms with Gasteiger partial charge in [0, 0.05) is 39.3 Å². The molecular formula is C15H17INO2Y-. The van der Waals surface area contributed by atoms with Crippen LogP contribution in [0.1, 0.15) is 24.5 Å². The van der Waals surface area contributed by atoms with Crippen LogP contribution in [-0.2, 0) is 37.5 Å². The molecule has 1 heterocycles. The monoisotopic (exact) mass is 459 g/mol. The summed E-state index contributed by atoms with van der Waals surface area (Å²) in [5, 5.41) is 0. The molecule has 105 valence electrons. The summed E-state index contributed by atoms with van der Waals surface area (Å²) in [6, 6.07) is 5.91. The number of amides is 1. The summed E-state index contributed by atoms with van der Waals surface area (Å²) in [6.07, 6.45) is 4.05. The van der Waals surface area contributed by atoms with Gasteiger partial charge in [-0.05, 0) is 19.1 Å². The summed E-state index contributed by atoms with van der Waals surface area (Å²) in [6.45, 7) is 4.69. The number of alkyl halides is 1. The van der Waals surface area contributed by atoms with Gasteiger partial charge in [-0.15, -0.1) is 22.9 Å². The standard InChI is InChI=1S/C15H17INO2.Y/c1-4-17-14(8-7-13(16)15(17)18)12-6-5-11(19-3)9-10(12)2;/h5-6,9,13H,4,7H2,1-3H3;/q-1;. The number of ether oxygens (including phenoxy) is 1. The van der Waals surface area contributed by atoms with E-state index in [1.807, 2.05) is 36.9 Å². The van der Waals surface area contributed by atoms with Gasteiger partial charge in [0.05, 0.1) is 11.0 Å². The Balaban J connectivity index is 0.00000200. The summed E-state index contributed by atoms with van der Waals surface area (Å²) in [4.78, 5) is 14.0. The van der Waals surface area contributed by atoms with E-state index in [-0.39, 0.29) is 42.5 Å². The molecule has 1 aliphatic rings. The zero-order valence-corrected chi connectivity index (χ0v) is 16.9. The van der Waals surface area contributed by atoms with Gasteiger partial charge in [-0.1, -0.05) is 35.9 Å². The van der Waals surface area contributed by atoms with Gasteiger partial charge in [0.25, 0.3) is 0 Å². The Labute approximate surface area is 159 Å². The molecule has 0 aromatic heterocycles. The van der Waals surface area contributed by atoms with Gasteiger partial charge in [0.1, 0.15) is 5.75 Å². The molecule has 2 rings (SSSR count). The first-order chi connectivity index (χ1) is 9.08. The van der Waals surface area contributed by atoms with Crippen LogP contribution in [0.4, 0.5) is 0 Å². The number of halogens is 1. The molecule has 0 N–H and O–H groups in total. The van der Waals surface area contributed by atoms with Crippen LogP contribution in [0, 0.1) is 13.0 Å². The number of benzene rings is 1. The molecule has 1 aromatic rings. The number of carbonyl (C=O) groups excluding carboxylic acids is 1. The second-order valence-electron chi connectivity index (χ2n) is 4.46. The van der Waals surface area contributed by atoms with Gasteiger partial charge in [0.2, 0.25) is 5.91 Å². The minimum atomic E-state index is -0.000135. The summed E-state index contributed by atoms with van der Waals surface area (Å²) >= 11 is 2.18. The molecular weight excluding hydrogens is 442 g/mol. The number of hydrogen-bond acceptors (Lipinski definition) is 2. The van der Waals surface area contributed by atoms with Gasteiger partial charge in [-0.3, -0.25) is 4.79 Å². The number of allylic oxidation sites excluding steroid dienone is 1. The average molecular weight is 459 g/mol. The summed E-state index contributed by atoms with van der Waals surface area (Å²) in [7, 11) is 1.66. The van der Waals surface area contributed by atoms with Crippen molar-refractivity contribution in [2.75, 3.05) is 13.7 Å². The Hall–Kier alpha value is 0.0639. The Morgan fingerprint density at radius 2 is 2.20 bits per heavy atom. The molecule has 0 aliphatic carbocycles. The summed E-state index contributed by atoms with van der Waals surface area (Å²) in [5.41, 5.74) is 3.06. The topological polar surface area (TPSA) is 29.5 Å². The molecule has 3 nitrogen and oxygen atoms in total. The van der Waals surface area contributed by atoms with Crippen molar-refractivity contribution >= 4 is 34.2 Å². The van der Waals surface area contributed by atoms with Crippen molar-refractivity contribution in [3.05, 3.63) is 35.4 Å². The Morgan fingerprint density at radius 1 is 1.50 bits per heavy atom. The molecule has 0 saturated heterocycles.